The van der Waals surface area contributed by atoms with Crippen LogP contribution in [0, 0.1) is 0 Å². The van der Waals surface area contributed by atoms with Gasteiger partial charge in [0, 0.05) is 6.04 Å². The molecule has 0 saturated heterocycles. The summed E-state index contributed by atoms with van der Waals surface area (Å²) in [6, 6.07) is -0.754. The summed E-state index contributed by atoms with van der Waals surface area (Å²) in [6.07, 6.45) is -4.77. The highest BCUT2D eigenvalue weighted by molar-refractivity contribution is 5.85. The van der Waals surface area contributed by atoms with Crippen LogP contribution in [0.3, 0.4) is 0 Å². The van der Waals surface area contributed by atoms with Crippen LogP contribution in [-0.2, 0) is 9.59 Å². The molecule has 1 unspecified atom stereocenters. The molecule has 0 aliphatic carbocycles. The number of alkyl halides is 3. The number of carboxylic acid groups (broad SMARTS) is 1. The van der Waals surface area contributed by atoms with Crippen LogP contribution < -0.4 is 0 Å². The van der Waals surface area contributed by atoms with Crippen LogP contribution in [0.15, 0.2) is 0 Å². The zero-order chi connectivity index (χ0) is 12.2. The van der Waals surface area contributed by atoms with E-state index in [9.17, 15) is 22.8 Å². The molecule has 0 rings (SSSR count). The molecule has 4 nitrogen and oxygen atoms in total. The van der Waals surface area contributed by atoms with Crippen LogP contribution in [0.1, 0.15) is 20.3 Å². The third-order valence-electron chi connectivity index (χ3n) is 1.93. The van der Waals surface area contributed by atoms with Gasteiger partial charge in [-0.05, 0) is 13.3 Å². The molecule has 0 aliphatic heterocycles. The third kappa shape index (κ3) is 4.18. The number of carboxylic acids is 1. The molecule has 0 aromatic rings. The van der Waals surface area contributed by atoms with E-state index in [4.69, 9.17) is 5.11 Å². The van der Waals surface area contributed by atoms with Crippen LogP contribution >= 0.6 is 0 Å². The Labute approximate surface area is 84.7 Å². The first-order chi connectivity index (χ1) is 6.70. The summed E-state index contributed by atoms with van der Waals surface area (Å²) in [6.45, 7) is 2.00. The Morgan fingerprint density at radius 1 is 1.40 bits per heavy atom. The van der Waals surface area contributed by atoms with Crippen molar-refractivity contribution in [3.63, 3.8) is 0 Å². The van der Waals surface area contributed by atoms with Gasteiger partial charge in [0.05, 0.1) is 0 Å². The summed E-state index contributed by atoms with van der Waals surface area (Å²) in [7, 11) is 0. The van der Waals surface area contributed by atoms with E-state index >= 15 is 0 Å². The summed E-state index contributed by atoms with van der Waals surface area (Å²) in [5.74, 6) is -3.58. The highest BCUT2D eigenvalue weighted by atomic mass is 19.4. The van der Waals surface area contributed by atoms with Gasteiger partial charge in [-0.15, -0.1) is 0 Å². The molecule has 0 fully saturated rings. The van der Waals surface area contributed by atoms with Crippen molar-refractivity contribution in [2.75, 3.05) is 6.54 Å². The molecule has 0 bridgehead atoms. The minimum atomic E-state index is -5.03. The summed E-state index contributed by atoms with van der Waals surface area (Å²) in [5.41, 5.74) is 0. The molecular formula is C8H12F3NO3. The van der Waals surface area contributed by atoms with E-state index in [1.165, 1.54) is 6.92 Å². The number of carbonyl (C=O) groups excluding carboxylic acids is 1. The van der Waals surface area contributed by atoms with Crippen molar-refractivity contribution < 1.29 is 27.9 Å². The fraction of sp³-hybridized carbons (Fsp3) is 0.750. The molecular weight excluding hydrogens is 215 g/mol. The van der Waals surface area contributed by atoms with Crippen LogP contribution in [0.2, 0.25) is 0 Å². The van der Waals surface area contributed by atoms with Gasteiger partial charge in [-0.3, -0.25) is 9.59 Å². The van der Waals surface area contributed by atoms with Crippen molar-refractivity contribution in [1.29, 1.82) is 0 Å². The van der Waals surface area contributed by atoms with E-state index < -0.39 is 30.6 Å². The lowest BCUT2D eigenvalue weighted by molar-refractivity contribution is -0.188. The van der Waals surface area contributed by atoms with Gasteiger partial charge < -0.3 is 10.0 Å². The van der Waals surface area contributed by atoms with Crippen LogP contribution in [0.25, 0.3) is 0 Å². The Morgan fingerprint density at radius 2 is 1.87 bits per heavy atom. The van der Waals surface area contributed by atoms with Crippen molar-refractivity contribution in [3.8, 4) is 0 Å². The Bertz CT molecular complexity index is 252. The smallest absolute Gasteiger partial charge is 0.471 e. The van der Waals surface area contributed by atoms with Crippen molar-refractivity contribution in [2.45, 2.75) is 32.5 Å². The molecule has 0 saturated carbocycles. The van der Waals surface area contributed by atoms with Crippen LogP contribution in [-0.4, -0.2) is 40.6 Å². The Kier molecular flexibility index (Phi) is 4.57. The van der Waals surface area contributed by atoms with Gasteiger partial charge in [0.2, 0.25) is 0 Å². The second-order valence-corrected chi connectivity index (χ2v) is 3.08. The Hall–Kier alpha value is -1.27. The maximum atomic E-state index is 12.1. The molecule has 0 aliphatic rings. The average molecular weight is 227 g/mol. The van der Waals surface area contributed by atoms with Gasteiger partial charge in [0.15, 0.2) is 0 Å². The second kappa shape index (κ2) is 4.99. The first kappa shape index (κ1) is 13.7. The monoisotopic (exact) mass is 227 g/mol. The third-order valence-corrected chi connectivity index (χ3v) is 1.93. The highest BCUT2D eigenvalue weighted by Crippen LogP contribution is 2.20. The fourth-order valence-electron chi connectivity index (χ4n) is 0.957. The number of rotatable bonds is 4. The molecule has 1 N–H and O–H groups in total. The predicted molar refractivity (Wildman–Crippen MR) is 45.2 cm³/mol. The Balaban J connectivity index is 4.78. The largest absolute Gasteiger partial charge is 0.480 e. The Morgan fingerprint density at radius 3 is 2.13 bits per heavy atom. The minimum Gasteiger partial charge on any atom is -0.480 e. The number of hydrogen-bond donors (Lipinski definition) is 1. The number of aliphatic carboxylic acids is 1. The summed E-state index contributed by atoms with van der Waals surface area (Å²) in [5, 5.41) is 8.38. The average Bonchev–Trinajstić information content (AvgIpc) is 2.10. The molecule has 0 aromatic carbocycles. The topological polar surface area (TPSA) is 57.6 Å². The summed E-state index contributed by atoms with van der Waals surface area (Å²) < 4.78 is 36.2. The quantitative estimate of drug-likeness (QED) is 0.786. The number of nitrogens with zero attached hydrogens (tertiary/aromatic N) is 1. The fourth-order valence-corrected chi connectivity index (χ4v) is 0.957. The van der Waals surface area contributed by atoms with E-state index in [1.54, 1.807) is 6.92 Å². The SMILES string of the molecule is CCC(C)N(CC(=O)O)C(=O)C(F)(F)F. The van der Waals surface area contributed by atoms with E-state index in [0.29, 0.717) is 4.90 Å². The zero-order valence-corrected chi connectivity index (χ0v) is 8.34. The minimum absolute atomic E-state index is 0.259. The van der Waals surface area contributed by atoms with E-state index in [0.717, 1.165) is 0 Å². The van der Waals surface area contributed by atoms with E-state index in [-0.39, 0.29) is 6.42 Å². The van der Waals surface area contributed by atoms with Crippen molar-refractivity contribution in [3.05, 3.63) is 0 Å². The van der Waals surface area contributed by atoms with Crippen LogP contribution in [0.4, 0.5) is 13.2 Å². The molecule has 0 spiro atoms. The standard InChI is InChI=1S/C8H12F3NO3/c1-3-5(2)12(4-6(13)14)7(15)8(9,10)11/h5H,3-4H2,1-2H3,(H,13,14). The van der Waals surface area contributed by atoms with E-state index in [1.807, 2.05) is 0 Å². The van der Waals surface area contributed by atoms with Gasteiger partial charge in [0.25, 0.3) is 0 Å². The molecule has 1 amide bonds. The molecule has 0 heterocycles. The van der Waals surface area contributed by atoms with Crippen molar-refractivity contribution in [2.24, 2.45) is 0 Å². The number of amides is 1. The van der Waals surface area contributed by atoms with Gasteiger partial charge in [-0.25, -0.2) is 0 Å². The lowest BCUT2D eigenvalue weighted by Crippen LogP contribution is -2.48. The summed E-state index contributed by atoms with van der Waals surface area (Å²) in [4.78, 5) is 21.4. The van der Waals surface area contributed by atoms with Gasteiger partial charge in [-0.1, -0.05) is 6.92 Å². The maximum absolute atomic E-state index is 12.1. The van der Waals surface area contributed by atoms with Crippen molar-refractivity contribution in [1.82, 2.24) is 4.90 Å². The summed E-state index contributed by atoms with van der Waals surface area (Å²) >= 11 is 0. The predicted octanol–water partition coefficient (Wildman–Crippen LogP) is 1.26. The number of hydrogen-bond acceptors (Lipinski definition) is 2. The molecule has 0 aromatic heterocycles. The van der Waals surface area contributed by atoms with Gasteiger partial charge in [0.1, 0.15) is 6.54 Å². The molecule has 15 heavy (non-hydrogen) atoms. The molecule has 1 atom stereocenters. The molecule has 7 heteroatoms. The van der Waals surface area contributed by atoms with Crippen molar-refractivity contribution >= 4 is 11.9 Å². The highest BCUT2D eigenvalue weighted by Gasteiger charge is 2.44. The first-order valence-corrected chi connectivity index (χ1v) is 4.29. The number of halogens is 3. The zero-order valence-electron chi connectivity index (χ0n) is 8.34. The van der Waals surface area contributed by atoms with Gasteiger partial charge in [-0.2, -0.15) is 13.2 Å². The molecule has 0 radical (unpaired) electrons. The lowest BCUT2D eigenvalue weighted by atomic mass is 10.2. The van der Waals surface area contributed by atoms with Gasteiger partial charge >= 0.3 is 18.1 Å². The first-order valence-electron chi connectivity index (χ1n) is 4.29. The maximum Gasteiger partial charge on any atom is 0.471 e. The van der Waals surface area contributed by atoms with Crippen LogP contribution in [0.5, 0.6) is 0 Å². The number of carbonyl (C=O) groups is 2. The lowest BCUT2D eigenvalue weighted by Gasteiger charge is -2.27. The molecule has 88 valence electrons. The second-order valence-electron chi connectivity index (χ2n) is 3.08. The normalized spacial score (nSPS) is 13.4. The van der Waals surface area contributed by atoms with E-state index in [2.05, 4.69) is 0 Å².